The average Bonchev–Trinajstić information content (AvgIpc) is 2.68. The molecule has 5 N–H and O–H groups in total. The van der Waals surface area contributed by atoms with Crippen molar-refractivity contribution in [1.82, 2.24) is 16.1 Å². The van der Waals surface area contributed by atoms with Crippen LogP contribution in [0.25, 0.3) is 0 Å². The third-order valence-corrected chi connectivity index (χ3v) is 4.41. The lowest BCUT2D eigenvalue weighted by atomic mass is 9.83. The lowest BCUT2D eigenvalue weighted by Gasteiger charge is -2.26. The Hall–Kier alpha value is -3.33. The fourth-order valence-electron chi connectivity index (χ4n) is 2.53. The third-order valence-electron chi connectivity index (χ3n) is 4.41. The van der Waals surface area contributed by atoms with Crippen molar-refractivity contribution in [2.24, 2.45) is 5.92 Å². The predicted octanol–water partition coefficient (Wildman–Crippen LogP) is -0.448. The van der Waals surface area contributed by atoms with Gasteiger partial charge in [-0.3, -0.25) is 19.6 Å². The van der Waals surface area contributed by atoms with E-state index in [-0.39, 0.29) is 17.6 Å². The number of hydroxylamine groups is 1. The van der Waals surface area contributed by atoms with E-state index in [9.17, 15) is 19.5 Å². The lowest BCUT2D eigenvalue weighted by molar-refractivity contribution is -0.143. The highest BCUT2D eigenvalue weighted by atomic mass is 16.5. The predicted molar refractivity (Wildman–Crippen MR) is 99.7 cm³/mol. The van der Waals surface area contributed by atoms with Crippen LogP contribution in [0.3, 0.4) is 0 Å². The SMILES string of the molecule is CNC(=O)C(C)(NC(=O)c1ccc(C#CC#CC2CC(O)C2)cc1)C(=O)NO. The van der Waals surface area contributed by atoms with Crippen molar-refractivity contribution in [3.63, 3.8) is 0 Å². The van der Waals surface area contributed by atoms with Crippen molar-refractivity contribution in [3.05, 3.63) is 35.4 Å². The number of hydrogen-bond donors (Lipinski definition) is 5. The standard InChI is InChI=1S/C20H21N3O5/c1-20(18(26)21-2,19(27)23-28)22-17(25)15-9-7-13(8-10-15)5-3-4-6-14-11-16(24)12-14/h7-10,14,16,24,28H,11-12H2,1-2H3,(H,21,26)(H,22,25)(H,23,27). The maximum absolute atomic E-state index is 12.4. The number of aliphatic hydroxyl groups is 1. The Morgan fingerprint density at radius 3 is 2.29 bits per heavy atom. The molecule has 1 aliphatic rings. The number of amides is 3. The van der Waals surface area contributed by atoms with Gasteiger partial charge in [0.15, 0.2) is 5.54 Å². The Morgan fingerprint density at radius 2 is 1.75 bits per heavy atom. The highest BCUT2D eigenvalue weighted by Gasteiger charge is 2.42. The van der Waals surface area contributed by atoms with Crippen molar-refractivity contribution in [2.45, 2.75) is 31.4 Å². The van der Waals surface area contributed by atoms with Crippen LogP contribution in [0, 0.1) is 29.6 Å². The first kappa shape index (κ1) is 21.0. The zero-order valence-corrected chi connectivity index (χ0v) is 15.5. The molecule has 1 atom stereocenters. The summed E-state index contributed by atoms with van der Waals surface area (Å²) < 4.78 is 0. The molecule has 1 saturated carbocycles. The Kier molecular flexibility index (Phi) is 6.78. The monoisotopic (exact) mass is 383 g/mol. The second-order valence-corrected chi connectivity index (χ2v) is 6.52. The van der Waals surface area contributed by atoms with E-state index in [1.54, 1.807) is 12.1 Å². The number of rotatable bonds is 4. The first-order valence-electron chi connectivity index (χ1n) is 8.59. The molecule has 0 saturated heterocycles. The van der Waals surface area contributed by atoms with Gasteiger partial charge in [-0.2, -0.15) is 0 Å². The molecule has 1 unspecified atom stereocenters. The number of benzene rings is 1. The van der Waals surface area contributed by atoms with Crippen molar-refractivity contribution >= 4 is 17.7 Å². The minimum absolute atomic E-state index is 0.195. The molecule has 0 aromatic heterocycles. The highest BCUT2D eigenvalue weighted by molar-refractivity contribution is 6.12. The highest BCUT2D eigenvalue weighted by Crippen LogP contribution is 2.25. The van der Waals surface area contributed by atoms with Gasteiger partial charge in [-0.15, -0.1) is 0 Å². The fourth-order valence-corrected chi connectivity index (χ4v) is 2.53. The number of nitrogens with one attached hydrogen (secondary N) is 3. The quantitative estimate of drug-likeness (QED) is 0.208. The van der Waals surface area contributed by atoms with Gasteiger partial charge in [0.1, 0.15) is 0 Å². The van der Waals surface area contributed by atoms with E-state index in [0.717, 1.165) is 0 Å². The molecule has 8 nitrogen and oxygen atoms in total. The van der Waals surface area contributed by atoms with Crippen molar-refractivity contribution in [3.8, 4) is 23.7 Å². The van der Waals surface area contributed by atoms with Crippen LogP contribution in [-0.4, -0.2) is 46.7 Å². The molecule has 28 heavy (non-hydrogen) atoms. The number of hydrogen-bond acceptors (Lipinski definition) is 5. The number of carbonyl (C=O) groups is 3. The summed E-state index contributed by atoms with van der Waals surface area (Å²) in [4.78, 5) is 36.1. The van der Waals surface area contributed by atoms with Crippen LogP contribution in [0.4, 0.5) is 0 Å². The van der Waals surface area contributed by atoms with Crippen LogP contribution in [0.1, 0.15) is 35.7 Å². The van der Waals surface area contributed by atoms with Gasteiger partial charge in [-0.1, -0.05) is 11.8 Å². The molecule has 1 aromatic carbocycles. The zero-order chi connectivity index (χ0) is 20.7. The minimum atomic E-state index is -1.98. The number of carbonyl (C=O) groups excluding carboxylic acids is 3. The summed E-state index contributed by atoms with van der Waals surface area (Å²) in [6.07, 6.45) is 1.11. The van der Waals surface area contributed by atoms with Crippen molar-refractivity contribution in [1.29, 1.82) is 0 Å². The van der Waals surface area contributed by atoms with Crippen LogP contribution in [0.5, 0.6) is 0 Å². The molecule has 146 valence electrons. The topological polar surface area (TPSA) is 128 Å². The van der Waals surface area contributed by atoms with E-state index in [2.05, 4.69) is 34.3 Å². The first-order valence-corrected chi connectivity index (χ1v) is 8.59. The maximum atomic E-state index is 12.4. The van der Waals surface area contributed by atoms with Gasteiger partial charge >= 0.3 is 0 Å². The molecular weight excluding hydrogens is 362 g/mol. The van der Waals surface area contributed by atoms with Crippen LogP contribution in [0.2, 0.25) is 0 Å². The second kappa shape index (κ2) is 9.05. The van der Waals surface area contributed by atoms with Gasteiger partial charge in [-0.05, 0) is 55.9 Å². The van der Waals surface area contributed by atoms with Crippen LogP contribution >= 0.6 is 0 Å². The van der Waals surface area contributed by atoms with Gasteiger partial charge in [0.05, 0.1) is 6.10 Å². The van der Waals surface area contributed by atoms with Crippen molar-refractivity contribution < 1.29 is 24.7 Å². The summed E-state index contributed by atoms with van der Waals surface area (Å²) in [6, 6.07) is 6.21. The second-order valence-electron chi connectivity index (χ2n) is 6.52. The van der Waals surface area contributed by atoms with E-state index in [1.807, 2.05) is 0 Å². The summed E-state index contributed by atoms with van der Waals surface area (Å²) in [5.41, 5.74) is 0.242. The zero-order valence-electron chi connectivity index (χ0n) is 15.5. The van der Waals surface area contributed by atoms with E-state index >= 15 is 0 Å². The van der Waals surface area contributed by atoms with Crippen LogP contribution in [0.15, 0.2) is 24.3 Å². The number of likely N-dealkylation sites (N-methyl/N-ethyl adjacent to an activating group) is 1. The maximum Gasteiger partial charge on any atom is 0.278 e. The normalized spacial score (nSPS) is 19.3. The first-order chi connectivity index (χ1) is 13.3. The summed E-state index contributed by atoms with van der Waals surface area (Å²) in [7, 11) is 1.31. The molecule has 0 bridgehead atoms. The Balaban J connectivity index is 2.05. The molecule has 1 fully saturated rings. The van der Waals surface area contributed by atoms with E-state index in [0.29, 0.717) is 18.4 Å². The Morgan fingerprint density at radius 1 is 1.11 bits per heavy atom. The molecule has 0 aliphatic heterocycles. The lowest BCUT2D eigenvalue weighted by Crippen LogP contribution is -2.64. The fraction of sp³-hybridized carbons (Fsp3) is 0.350. The van der Waals surface area contributed by atoms with E-state index in [4.69, 9.17) is 5.21 Å². The molecule has 1 aromatic rings. The third kappa shape index (κ3) is 4.89. The Labute approximate surface area is 162 Å². The largest absolute Gasteiger partial charge is 0.393 e. The van der Waals surface area contributed by atoms with E-state index in [1.165, 1.54) is 31.6 Å². The van der Waals surface area contributed by atoms with Gasteiger partial charge in [0, 0.05) is 24.1 Å². The summed E-state index contributed by atoms with van der Waals surface area (Å²) in [5.74, 6) is 8.95. The Bertz CT molecular complexity index is 864. The average molecular weight is 383 g/mol. The minimum Gasteiger partial charge on any atom is -0.393 e. The molecule has 2 rings (SSSR count). The van der Waals surface area contributed by atoms with Gasteiger partial charge < -0.3 is 15.7 Å². The molecule has 0 radical (unpaired) electrons. The summed E-state index contributed by atoms with van der Waals surface area (Å²) in [6.45, 7) is 1.18. The molecule has 0 spiro atoms. The van der Waals surface area contributed by atoms with Gasteiger partial charge in [-0.25, -0.2) is 5.48 Å². The molecule has 0 heterocycles. The van der Waals surface area contributed by atoms with Crippen LogP contribution < -0.4 is 16.1 Å². The molecule has 8 heteroatoms. The van der Waals surface area contributed by atoms with Crippen LogP contribution in [-0.2, 0) is 9.59 Å². The van der Waals surface area contributed by atoms with E-state index < -0.39 is 23.3 Å². The number of aliphatic hydroxyl groups excluding tert-OH is 1. The van der Waals surface area contributed by atoms with Gasteiger partial charge in [0.25, 0.3) is 17.7 Å². The summed E-state index contributed by atoms with van der Waals surface area (Å²) >= 11 is 0. The van der Waals surface area contributed by atoms with Gasteiger partial charge in [0.2, 0.25) is 0 Å². The van der Waals surface area contributed by atoms with Crippen molar-refractivity contribution in [2.75, 3.05) is 7.05 Å². The smallest absolute Gasteiger partial charge is 0.278 e. The molecular formula is C20H21N3O5. The summed E-state index contributed by atoms with van der Waals surface area (Å²) in [5, 5.41) is 22.6. The molecule has 3 amide bonds. The molecule has 1 aliphatic carbocycles.